The normalized spacial score (nSPS) is 18.8. The van der Waals surface area contributed by atoms with Gasteiger partial charge in [0.2, 0.25) is 5.95 Å². The van der Waals surface area contributed by atoms with E-state index in [-0.39, 0.29) is 23.8 Å². The van der Waals surface area contributed by atoms with Crippen LogP contribution >= 0.6 is 0 Å². The maximum absolute atomic E-state index is 13.4. The van der Waals surface area contributed by atoms with Crippen molar-refractivity contribution in [2.45, 2.75) is 46.1 Å². The number of amides is 2. The molecule has 2 aliphatic rings. The van der Waals surface area contributed by atoms with Gasteiger partial charge in [-0.15, -0.1) is 0 Å². The molecule has 0 saturated carbocycles. The van der Waals surface area contributed by atoms with Gasteiger partial charge in [-0.1, -0.05) is 38.1 Å². The zero-order valence-corrected chi connectivity index (χ0v) is 21.6. The van der Waals surface area contributed by atoms with E-state index in [1.54, 1.807) is 24.2 Å². The van der Waals surface area contributed by atoms with Crippen LogP contribution in [0.2, 0.25) is 0 Å². The number of Topliss-reactive ketones (excluding diaryl/α,β-unsaturated/α-hetero) is 1. The van der Waals surface area contributed by atoms with E-state index in [4.69, 9.17) is 4.74 Å². The standard InChI is InChI=1S/C29H33N5O3/c1-4-20-8-6-7-9-25(20)32-29(36)34-18-24(5-2)37-27-14-21(10-11-26(27)34)23-15-30-28(31-16-23)33-13-12-22(17-33)19(3)35/h6-11,14-16,22,24H,4-5,12-13,17-18H2,1-3H3,(H,32,36). The fourth-order valence-corrected chi connectivity index (χ4v) is 4.98. The highest BCUT2D eigenvalue weighted by molar-refractivity contribution is 6.03. The molecule has 1 saturated heterocycles. The Balaban J connectivity index is 1.37. The maximum Gasteiger partial charge on any atom is 0.326 e. The van der Waals surface area contributed by atoms with Crippen molar-refractivity contribution in [1.29, 1.82) is 0 Å². The number of aromatic nitrogens is 2. The topological polar surface area (TPSA) is 87.7 Å². The van der Waals surface area contributed by atoms with Crippen molar-refractivity contribution in [3.8, 4) is 16.9 Å². The first-order chi connectivity index (χ1) is 18.0. The molecule has 192 valence electrons. The van der Waals surface area contributed by atoms with Crippen LogP contribution in [-0.4, -0.2) is 47.5 Å². The summed E-state index contributed by atoms with van der Waals surface area (Å²) < 4.78 is 6.26. The van der Waals surface area contributed by atoms with E-state index in [1.807, 2.05) is 42.5 Å². The monoisotopic (exact) mass is 499 g/mol. The minimum Gasteiger partial charge on any atom is -0.486 e. The van der Waals surface area contributed by atoms with E-state index in [0.29, 0.717) is 24.8 Å². The summed E-state index contributed by atoms with van der Waals surface area (Å²) in [6.45, 7) is 7.72. The van der Waals surface area contributed by atoms with Gasteiger partial charge in [0, 0.05) is 42.7 Å². The number of hydrogen-bond donors (Lipinski definition) is 1. The summed E-state index contributed by atoms with van der Waals surface area (Å²) in [4.78, 5) is 38.0. The first-order valence-electron chi connectivity index (χ1n) is 13.0. The van der Waals surface area contributed by atoms with Crippen LogP contribution in [0.3, 0.4) is 0 Å². The molecule has 3 heterocycles. The van der Waals surface area contributed by atoms with Crippen LogP contribution in [-0.2, 0) is 11.2 Å². The predicted octanol–water partition coefficient (Wildman–Crippen LogP) is 5.33. The third-order valence-electron chi connectivity index (χ3n) is 7.29. The first kappa shape index (κ1) is 24.7. The van der Waals surface area contributed by atoms with Crippen LogP contribution in [0.5, 0.6) is 5.75 Å². The number of nitrogens with zero attached hydrogens (tertiary/aromatic N) is 4. The summed E-state index contributed by atoms with van der Waals surface area (Å²) in [7, 11) is 0. The molecule has 0 aliphatic carbocycles. The number of anilines is 3. The van der Waals surface area contributed by atoms with Crippen molar-refractivity contribution in [1.82, 2.24) is 9.97 Å². The third-order valence-corrected chi connectivity index (χ3v) is 7.29. The van der Waals surface area contributed by atoms with Gasteiger partial charge in [0.25, 0.3) is 0 Å². The van der Waals surface area contributed by atoms with Crippen molar-refractivity contribution in [3.63, 3.8) is 0 Å². The minimum absolute atomic E-state index is 0.0585. The average Bonchev–Trinajstić information content (AvgIpc) is 3.43. The van der Waals surface area contributed by atoms with Crippen molar-refractivity contribution < 1.29 is 14.3 Å². The van der Waals surface area contributed by atoms with Gasteiger partial charge in [0.1, 0.15) is 17.6 Å². The zero-order valence-electron chi connectivity index (χ0n) is 21.6. The summed E-state index contributed by atoms with van der Waals surface area (Å²) in [5.74, 6) is 1.59. The third kappa shape index (κ3) is 5.14. The Morgan fingerprint density at radius 2 is 1.84 bits per heavy atom. The van der Waals surface area contributed by atoms with E-state index in [0.717, 1.165) is 53.9 Å². The highest BCUT2D eigenvalue weighted by Crippen LogP contribution is 2.38. The van der Waals surface area contributed by atoms with E-state index >= 15 is 0 Å². The molecule has 37 heavy (non-hydrogen) atoms. The molecule has 0 radical (unpaired) electrons. The Hall–Kier alpha value is -3.94. The summed E-state index contributed by atoms with van der Waals surface area (Å²) >= 11 is 0. The number of fused-ring (bicyclic) bond motifs is 1. The second kappa shape index (κ2) is 10.6. The Kier molecular flexibility index (Phi) is 7.08. The van der Waals surface area contributed by atoms with Gasteiger partial charge in [0.05, 0.1) is 12.2 Å². The second-order valence-electron chi connectivity index (χ2n) is 9.70. The van der Waals surface area contributed by atoms with E-state index in [1.165, 1.54) is 0 Å². The summed E-state index contributed by atoms with van der Waals surface area (Å²) in [6.07, 6.45) is 5.98. The van der Waals surface area contributed by atoms with Crippen LogP contribution in [0.25, 0.3) is 11.1 Å². The molecule has 3 aromatic rings. The molecule has 2 unspecified atom stereocenters. The average molecular weight is 500 g/mol. The van der Waals surface area contributed by atoms with Gasteiger partial charge in [-0.25, -0.2) is 14.8 Å². The van der Waals surface area contributed by atoms with Crippen LogP contribution in [0.15, 0.2) is 54.9 Å². The van der Waals surface area contributed by atoms with E-state index < -0.39 is 0 Å². The fraction of sp³-hybridized carbons (Fsp3) is 0.379. The van der Waals surface area contributed by atoms with Crippen LogP contribution < -0.4 is 19.9 Å². The van der Waals surface area contributed by atoms with Gasteiger partial charge in [-0.2, -0.15) is 0 Å². The molecule has 2 amide bonds. The molecule has 2 atom stereocenters. The van der Waals surface area contributed by atoms with Crippen molar-refractivity contribution >= 4 is 29.1 Å². The van der Waals surface area contributed by atoms with Gasteiger partial charge in [-0.3, -0.25) is 9.69 Å². The van der Waals surface area contributed by atoms with Crippen molar-refractivity contribution in [2.24, 2.45) is 5.92 Å². The molecule has 1 fully saturated rings. The molecule has 0 spiro atoms. The largest absolute Gasteiger partial charge is 0.486 e. The number of rotatable bonds is 6. The van der Waals surface area contributed by atoms with Crippen molar-refractivity contribution in [2.75, 3.05) is 34.8 Å². The lowest BCUT2D eigenvalue weighted by Crippen LogP contribution is -2.45. The number of ether oxygens (including phenoxy) is 1. The molecular weight excluding hydrogens is 466 g/mol. The van der Waals surface area contributed by atoms with Gasteiger partial charge in [0.15, 0.2) is 0 Å². The molecular formula is C29H33N5O3. The Morgan fingerprint density at radius 3 is 2.54 bits per heavy atom. The summed E-state index contributed by atoms with van der Waals surface area (Å²) in [6, 6.07) is 13.6. The maximum atomic E-state index is 13.4. The van der Waals surface area contributed by atoms with Crippen LogP contribution in [0.4, 0.5) is 22.1 Å². The smallest absolute Gasteiger partial charge is 0.326 e. The van der Waals surface area contributed by atoms with E-state index in [9.17, 15) is 9.59 Å². The zero-order chi connectivity index (χ0) is 25.9. The Labute approximate surface area is 217 Å². The molecule has 1 aromatic heterocycles. The van der Waals surface area contributed by atoms with Crippen LogP contribution in [0.1, 0.15) is 39.2 Å². The number of carbonyl (C=O) groups excluding carboxylic acids is 2. The van der Waals surface area contributed by atoms with Crippen molar-refractivity contribution in [3.05, 3.63) is 60.4 Å². The summed E-state index contributed by atoms with van der Waals surface area (Å²) in [5.41, 5.74) is 4.45. The minimum atomic E-state index is -0.168. The number of aryl methyl sites for hydroxylation is 1. The fourth-order valence-electron chi connectivity index (χ4n) is 4.98. The van der Waals surface area contributed by atoms with E-state index in [2.05, 4.69) is 34.0 Å². The lowest BCUT2D eigenvalue weighted by Gasteiger charge is -2.35. The molecule has 2 aliphatic heterocycles. The highest BCUT2D eigenvalue weighted by Gasteiger charge is 2.30. The predicted molar refractivity (Wildman–Crippen MR) is 145 cm³/mol. The Morgan fingerprint density at radius 1 is 1.05 bits per heavy atom. The molecule has 1 N–H and O–H groups in total. The Bertz CT molecular complexity index is 1290. The highest BCUT2D eigenvalue weighted by atomic mass is 16.5. The molecule has 8 heteroatoms. The molecule has 0 bridgehead atoms. The molecule has 5 rings (SSSR count). The number of urea groups is 1. The van der Waals surface area contributed by atoms with Gasteiger partial charge in [-0.05, 0) is 55.5 Å². The quantitative estimate of drug-likeness (QED) is 0.493. The number of carbonyl (C=O) groups is 2. The van der Waals surface area contributed by atoms with Gasteiger partial charge < -0.3 is 15.0 Å². The number of benzene rings is 2. The SMILES string of the molecule is CCc1ccccc1NC(=O)N1CC(CC)Oc2cc(-c3cnc(N4CCC(C(C)=O)C4)nc3)ccc21. The number of hydrogen-bond acceptors (Lipinski definition) is 6. The number of para-hydroxylation sites is 1. The second-order valence-corrected chi connectivity index (χ2v) is 9.70. The number of nitrogens with one attached hydrogen (secondary N) is 1. The van der Waals surface area contributed by atoms with Crippen LogP contribution in [0, 0.1) is 5.92 Å². The number of ketones is 1. The van der Waals surface area contributed by atoms with Gasteiger partial charge >= 0.3 is 6.03 Å². The molecule has 2 aromatic carbocycles. The lowest BCUT2D eigenvalue weighted by molar-refractivity contribution is -0.120. The first-order valence-corrected chi connectivity index (χ1v) is 13.0. The molecule has 8 nitrogen and oxygen atoms in total. The lowest BCUT2D eigenvalue weighted by atomic mass is 10.1. The summed E-state index contributed by atoms with van der Waals surface area (Å²) in [5, 5.41) is 3.09.